The van der Waals surface area contributed by atoms with Crippen LogP contribution in [0.3, 0.4) is 0 Å². The number of benzene rings is 1. The molecule has 1 aromatic carbocycles. The summed E-state index contributed by atoms with van der Waals surface area (Å²) in [6.45, 7) is 3.79. The topological polar surface area (TPSA) is 59.2 Å². The van der Waals surface area contributed by atoms with Crippen molar-refractivity contribution >= 4 is 34.4 Å². The number of thioether (sulfide) groups is 1. The van der Waals surface area contributed by atoms with Gasteiger partial charge in [0.25, 0.3) is 5.91 Å². The summed E-state index contributed by atoms with van der Waals surface area (Å²) in [5.74, 6) is 1.47. The summed E-state index contributed by atoms with van der Waals surface area (Å²) in [4.78, 5) is 19.1. The van der Waals surface area contributed by atoms with Crippen LogP contribution in [0.25, 0.3) is 10.9 Å². The first kappa shape index (κ1) is 14.2. The highest BCUT2D eigenvalue weighted by Crippen LogP contribution is 2.25. The van der Waals surface area contributed by atoms with Gasteiger partial charge in [-0.25, -0.2) is 4.98 Å². The molecule has 0 bridgehead atoms. The minimum atomic E-state index is 0.0686. The van der Waals surface area contributed by atoms with E-state index in [1.807, 2.05) is 40.9 Å². The number of hydrogen-bond donors (Lipinski definition) is 1. The zero-order chi connectivity index (χ0) is 14.8. The predicted octanol–water partition coefficient (Wildman–Crippen LogP) is 2.78. The molecule has 0 spiro atoms. The summed E-state index contributed by atoms with van der Waals surface area (Å²) in [7, 11) is 0. The number of fused-ring (bicyclic) bond motifs is 1. The van der Waals surface area contributed by atoms with E-state index in [-0.39, 0.29) is 5.91 Å². The molecule has 1 aliphatic heterocycles. The Kier molecular flexibility index (Phi) is 4.01. The van der Waals surface area contributed by atoms with Crippen molar-refractivity contribution in [1.29, 1.82) is 0 Å². The summed E-state index contributed by atoms with van der Waals surface area (Å²) in [5, 5.41) is 1.41. The first-order valence-electron chi connectivity index (χ1n) is 7.25. The van der Waals surface area contributed by atoms with E-state index in [4.69, 9.17) is 5.73 Å². The van der Waals surface area contributed by atoms with E-state index in [0.717, 1.165) is 36.2 Å². The molecule has 2 N–H and O–H groups in total. The lowest BCUT2D eigenvalue weighted by molar-refractivity contribution is 0.0763. The minimum Gasteiger partial charge on any atom is -0.384 e. The maximum absolute atomic E-state index is 12.9. The molecule has 0 radical (unpaired) electrons. The molecule has 1 aliphatic rings. The first-order valence-corrected chi connectivity index (χ1v) is 8.30. The van der Waals surface area contributed by atoms with Crippen LogP contribution < -0.4 is 5.73 Å². The third-order valence-corrected chi connectivity index (χ3v) is 5.22. The third kappa shape index (κ3) is 2.83. The molecular weight excluding hydrogens is 282 g/mol. The highest BCUT2D eigenvalue weighted by Gasteiger charge is 2.25. The summed E-state index contributed by atoms with van der Waals surface area (Å²) in [6.07, 6.45) is 1.09. The van der Waals surface area contributed by atoms with Crippen LogP contribution in [-0.2, 0) is 0 Å². The number of carbonyl (C=O) groups is 1. The third-order valence-electron chi connectivity index (χ3n) is 3.85. The normalized spacial score (nSPS) is 18.9. The Bertz CT molecular complexity index is 674. The molecule has 110 valence electrons. The molecule has 1 amide bonds. The molecule has 1 aromatic heterocycles. The fraction of sp³-hybridized carbons (Fsp3) is 0.375. The molecule has 1 saturated heterocycles. The predicted molar refractivity (Wildman–Crippen MR) is 88.6 cm³/mol. The Morgan fingerprint density at radius 2 is 2.29 bits per heavy atom. The van der Waals surface area contributed by atoms with E-state index in [9.17, 15) is 4.79 Å². The van der Waals surface area contributed by atoms with E-state index >= 15 is 0 Å². The van der Waals surface area contributed by atoms with Crippen LogP contribution in [0.1, 0.15) is 23.7 Å². The molecule has 2 heterocycles. The molecule has 2 aromatic rings. The molecule has 4 nitrogen and oxygen atoms in total. The fourth-order valence-electron chi connectivity index (χ4n) is 2.69. The Morgan fingerprint density at radius 3 is 3.10 bits per heavy atom. The smallest absolute Gasteiger partial charge is 0.254 e. The van der Waals surface area contributed by atoms with Gasteiger partial charge in [0.15, 0.2) is 0 Å². The number of aromatic nitrogens is 1. The molecule has 21 heavy (non-hydrogen) atoms. The lowest BCUT2D eigenvalue weighted by Crippen LogP contribution is -2.41. The van der Waals surface area contributed by atoms with Gasteiger partial charge in [0, 0.05) is 29.5 Å². The summed E-state index contributed by atoms with van der Waals surface area (Å²) in [6, 6.07) is 9.37. The van der Waals surface area contributed by atoms with Gasteiger partial charge in [-0.2, -0.15) is 11.8 Å². The van der Waals surface area contributed by atoms with Gasteiger partial charge in [0.2, 0.25) is 0 Å². The number of carbonyl (C=O) groups excluding carboxylic acids is 1. The quantitative estimate of drug-likeness (QED) is 0.926. The van der Waals surface area contributed by atoms with Crippen LogP contribution in [0, 0.1) is 0 Å². The number of nitrogens with two attached hydrogens (primary N) is 1. The van der Waals surface area contributed by atoms with Crippen LogP contribution in [0.5, 0.6) is 0 Å². The van der Waals surface area contributed by atoms with Crippen molar-refractivity contribution in [3.63, 3.8) is 0 Å². The van der Waals surface area contributed by atoms with Crippen molar-refractivity contribution in [3.05, 3.63) is 35.9 Å². The van der Waals surface area contributed by atoms with Gasteiger partial charge in [-0.15, -0.1) is 0 Å². The van der Waals surface area contributed by atoms with Crippen LogP contribution >= 0.6 is 11.8 Å². The van der Waals surface area contributed by atoms with Crippen LogP contribution in [0.15, 0.2) is 30.3 Å². The summed E-state index contributed by atoms with van der Waals surface area (Å²) < 4.78 is 0. The van der Waals surface area contributed by atoms with Gasteiger partial charge >= 0.3 is 0 Å². The molecule has 5 heteroatoms. The van der Waals surface area contributed by atoms with E-state index in [0.29, 0.717) is 16.6 Å². The fourth-order valence-corrected chi connectivity index (χ4v) is 3.87. The summed E-state index contributed by atoms with van der Waals surface area (Å²) >= 11 is 1.96. The SMILES string of the molecule is CCC1CN(C(=O)c2cc(N)nc3ccccc23)CCS1. The van der Waals surface area contributed by atoms with Gasteiger partial charge in [-0.3, -0.25) is 4.79 Å². The number of anilines is 1. The maximum atomic E-state index is 12.9. The second kappa shape index (κ2) is 5.93. The van der Waals surface area contributed by atoms with Gasteiger partial charge in [0.05, 0.1) is 11.1 Å². The molecular formula is C16H19N3OS. The number of amides is 1. The molecule has 1 fully saturated rings. The van der Waals surface area contributed by atoms with E-state index < -0.39 is 0 Å². The zero-order valence-electron chi connectivity index (χ0n) is 12.1. The highest BCUT2D eigenvalue weighted by atomic mass is 32.2. The van der Waals surface area contributed by atoms with Crippen LogP contribution in [-0.4, -0.2) is 39.9 Å². The minimum absolute atomic E-state index is 0.0686. The van der Waals surface area contributed by atoms with Crippen LogP contribution in [0.4, 0.5) is 5.82 Å². The van der Waals surface area contributed by atoms with Crippen molar-refractivity contribution < 1.29 is 4.79 Å². The van der Waals surface area contributed by atoms with Gasteiger partial charge in [0.1, 0.15) is 5.82 Å². The molecule has 0 aliphatic carbocycles. The Balaban J connectivity index is 1.97. The number of rotatable bonds is 2. The number of nitrogens with zero attached hydrogens (tertiary/aromatic N) is 2. The van der Waals surface area contributed by atoms with Crippen molar-refractivity contribution in [3.8, 4) is 0 Å². The van der Waals surface area contributed by atoms with Crippen LogP contribution in [0.2, 0.25) is 0 Å². The Labute approximate surface area is 128 Å². The lowest BCUT2D eigenvalue weighted by atomic mass is 10.1. The van der Waals surface area contributed by atoms with Crippen molar-refractivity contribution in [1.82, 2.24) is 9.88 Å². The largest absolute Gasteiger partial charge is 0.384 e. The Hall–Kier alpha value is -1.75. The van der Waals surface area contributed by atoms with Gasteiger partial charge in [-0.05, 0) is 18.6 Å². The molecule has 1 atom stereocenters. The first-order chi connectivity index (χ1) is 10.2. The average Bonchev–Trinajstić information content (AvgIpc) is 2.53. The van der Waals surface area contributed by atoms with Gasteiger partial charge < -0.3 is 10.6 Å². The van der Waals surface area contributed by atoms with E-state index in [1.54, 1.807) is 6.07 Å². The maximum Gasteiger partial charge on any atom is 0.254 e. The molecule has 1 unspecified atom stereocenters. The number of hydrogen-bond acceptors (Lipinski definition) is 4. The van der Waals surface area contributed by atoms with Crippen molar-refractivity contribution in [2.75, 3.05) is 24.6 Å². The Morgan fingerprint density at radius 1 is 1.48 bits per heavy atom. The second-order valence-corrected chi connectivity index (χ2v) is 6.67. The number of pyridine rings is 1. The van der Waals surface area contributed by atoms with Crippen molar-refractivity contribution in [2.45, 2.75) is 18.6 Å². The number of nitrogen functional groups attached to an aromatic ring is 1. The number of para-hydroxylation sites is 1. The molecule has 3 rings (SSSR count). The van der Waals surface area contributed by atoms with Gasteiger partial charge in [-0.1, -0.05) is 25.1 Å². The highest BCUT2D eigenvalue weighted by molar-refractivity contribution is 8.00. The zero-order valence-corrected chi connectivity index (χ0v) is 12.9. The summed E-state index contributed by atoms with van der Waals surface area (Å²) in [5.41, 5.74) is 7.30. The van der Waals surface area contributed by atoms with E-state index in [1.165, 1.54) is 0 Å². The molecule has 0 saturated carbocycles. The monoisotopic (exact) mass is 301 g/mol. The second-order valence-electron chi connectivity index (χ2n) is 5.26. The lowest BCUT2D eigenvalue weighted by Gasteiger charge is -2.32. The van der Waals surface area contributed by atoms with E-state index in [2.05, 4.69) is 11.9 Å². The standard InChI is InChI=1S/C16H19N3OS/c1-2-11-10-19(7-8-21-11)16(20)13-9-15(17)18-14-6-4-3-5-12(13)14/h3-6,9,11H,2,7-8,10H2,1H3,(H2,17,18). The van der Waals surface area contributed by atoms with Crippen molar-refractivity contribution in [2.24, 2.45) is 0 Å². The average molecular weight is 301 g/mol.